The van der Waals surface area contributed by atoms with Crippen LogP contribution in [0.4, 0.5) is 0 Å². The Hall–Kier alpha value is -3.25. The molecule has 0 unspecified atom stereocenters. The van der Waals surface area contributed by atoms with Gasteiger partial charge in [0.25, 0.3) is 5.91 Å². The molecule has 1 saturated carbocycles. The number of hydrogen-bond donors (Lipinski definition) is 7. The number of hydrogen-bond acceptors (Lipinski definition) is 10. The molecule has 0 spiro atoms. The summed E-state index contributed by atoms with van der Waals surface area (Å²) in [7, 11) is 2.79. The lowest BCUT2D eigenvalue weighted by Crippen LogP contribution is -2.70. The molecule has 32 heavy (non-hydrogen) atoms. The van der Waals surface area contributed by atoms with E-state index in [2.05, 4.69) is 0 Å². The van der Waals surface area contributed by atoms with Crippen molar-refractivity contribution in [2.45, 2.75) is 23.9 Å². The van der Waals surface area contributed by atoms with Crippen LogP contribution in [0.25, 0.3) is 5.76 Å². The Bertz CT molecular complexity index is 1140. The number of rotatable bonds is 2. The van der Waals surface area contributed by atoms with Crippen LogP contribution in [-0.2, 0) is 14.4 Å². The van der Waals surface area contributed by atoms with Crippen molar-refractivity contribution in [1.82, 2.24) is 4.90 Å². The molecule has 1 amide bonds. The molecule has 8 N–H and O–H groups in total. The Labute approximate surface area is 181 Å². The standard InChI is InChI=1S/C21H22N2O9/c1-23(2)13-12-16(27)9-10(15(26)8-6(14(9)25)4-3-5-7(8)24)18(29)21(12,32)19(30)11(17(13)28)20(22)31/h3-5,9,12-14,16,24-27,30,32H,1-2H3,(H2,22,31)/t9-,12+,13-,14+,16-,21-/m0/s1. The lowest BCUT2D eigenvalue weighted by molar-refractivity contribution is -0.174. The molecule has 11 heteroatoms. The van der Waals surface area contributed by atoms with Crippen LogP contribution in [0.3, 0.4) is 0 Å². The van der Waals surface area contributed by atoms with E-state index in [0.717, 1.165) is 0 Å². The van der Waals surface area contributed by atoms with E-state index < -0.39 is 81.6 Å². The van der Waals surface area contributed by atoms with Gasteiger partial charge in [0.2, 0.25) is 5.78 Å². The van der Waals surface area contributed by atoms with Gasteiger partial charge >= 0.3 is 0 Å². The molecule has 4 rings (SSSR count). The predicted octanol–water partition coefficient (Wildman–Crippen LogP) is -1.57. The van der Waals surface area contributed by atoms with Crippen molar-refractivity contribution in [3.63, 3.8) is 0 Å². The molecule has 0 radical (unpaired) electrons. The summed E-state index contributed by atoms with van der Waals surface area (Å²) in [6.07, 6.45) is -3.44. The maximum absolute atomic E-state index is 13.5. The molecule has 0 heterocycles. The zero-order chi connectivity index (χ0) is 23.9. The number of fused-ring (bicyclic) bond motifs is 3. The van der Waals surface area contributed by atoms with E-state index in [9.17, 15) is 45.0 Å². The van der Waals surface area contributed by atoms with Crippen LogP contribution in [0.1, 0.15) is 17.2 Å². The van der Waals surface area contributed by atoms with Gasteiger partial charge in [-0.25, -0.2) is 0 Å². The molecule has 1 aromatic carbocycles. The van der Waals surface area contributed by atoms with Gasteiger partial charge in [-0.1, -0.05) is 12.1 Å². The van der Waals surface area contributed by atoms with Gasteiger partial charge in [0.05, 0.1) is 29.7 Å². The lowest BCUT2D eigenvalue weighted by atomic mass is 9.55. The zero-order valence-corrected chi connectivity index (χ0v) is 17.1. The maximum atomic E-state index is 13.5. The third kappa shape index (κ3) is 2.47. The highest BCUT2D eigenvalue weighted by atomic mass is 16.4. The number of nitrogens with two attached hydrogens (primary N) is 1. The molecule has 0 aliphatic heterocycles. The number of benzene rings is 1. The fraction of sp³-hybridized carbons (Fsp3) is 0.381. The van der Waals surface area contributed by atoms with Gasteiger partial charge in [-0.15, -0.1) is 0 Å². The van der Waals surface area contributed by atoms with Crippen LogP contribution < -0.4 is 5.73 Å². The summed E-state index contributed by atoms with van der Waals surface area (Å²) in [5.41, 5.74) is 0.311. The van der Waals surface area contributed by atoms with Crippen molar-refractivity contribution in [2.75, 3.05) is 14.1 Å². The minimum Gasteiger partial charge on any atom is -0.508 e. The van der Waals surface area contributed by atoms with E-state index in [1.54, 1.807) is 0 Å². The number of aromatic hydroxyl groups is 1. The second kappa shape index (κ2) is 6.87. The second-order valence-corrected chi connectivity index (χ2v) is 8.45. The Balaban J connectivity index is 2.07. The second-order valence-electron chi connectivity index (χ2n) is 8.45. The normalized spacial score (nSPS) is 34.4. The summed E-state index contributed by atoms with van der Waals surface area (Å²) in [6, 6.07) is 2.50. The highest BCUT2D eigenvalue weighted by Gasteiger charge is 2.68. The lowest BCUT2D eigenvalue weighted by Gasteiger charge is -2.53. The number of nitrogens with zero attached hydrogens (tertiary/aromatic N) is 1. The SMILES string of the molecule is CN(C)[C@@H]1C(=O)C(C(N)=O)=C(O)[C@@]2(O)C(=O)C3=C(O)c4c(O)cccc4[C@@H](O)[C@H]3[C@H](O)[C@@H]12. The number of aliphatic hydroxyl groups is 5. The molecule has 0 aromatic heterocycles. The summed E-state index contributed by atoms with van der Waals surface area (Å²) in [4.78, 5) is 39.7. The molecule has 1 aromatic rings. The van der Waals surface area contributed by atoms with Crippen molar-refractivity contribution in [2.24, 2.45) is 17.6 Å². The molecule has 11 nitrogen and oxygen atoms in total. The quantitative estimate of drug-likeness (QED) is 0.260. The van der Waals surface area contributed by atoms with Gasteiger partial charge in [0.1, 0.15) is 22.8 Å². The van der Waals surface area contributed by atoms with Crippen LogP contribution in [0, 0.1) is 11.8 Å². The summed E-state index contributed by atoms with van der Waals surface area (Å²) in [5, 5.41) is 65.3. The number of carbonyl (C=O) groups is 3. The molecule has 6 atom stereocenters. The van der Waals surface area contributed by atoms with Crippen molar-refractivity contribution in [3.8, 4) is 5.75 Å². The van der Waals surface area contributed by atoms with Crippen molar-refractivity contribution < 1.29 is 45.0 Å². The molecule has 0 saturated heterocycles. The smallest absolute Gasteiger partial charge is 0.255 e. The summed E-state index contributed by atoms with van der Waals surface area (Å²) < 4.78 is 0. The molecular weight excluding hydrogens is 424 g/mol. The summed E-state index contributed by atoms with van der Waals surface area (Å²) in [6.45, 7) is 0. The molecule has 1 fully saturated rings. The summed E-state index contributed by atoms with van der Waals surface area (Å²) in [5.74, 6) is -9.56. The number of amides is 1. The van der Waals surface area contributed by atoms with Gasteiger partial charge in [0.15, 0.2) is 11.4 Å². The van der Waals surface area contributed by atoms with E-state index >= 15 is 0 Å². The number of ketones is 2. The number of Topliss-reactive ketones (excluding diaryl/α,β-unsaturated/α-hetero) is 2. The van der Waals surface area contributed by atoms with Crippen LogP contribution >= 0.6 is 0 Å². The van der Waals surface area contributed by atoms with Gasteiger partial charge in [-0.05, 0) is 25.7 Å². The Kier molecular flexibility index (Phi) is 4.72. The maximum Gasteiger partial charge on any atom is 0.255 e. The minimum atomic E-state index is -3.01. The van der Waals surface area contributed by atoms with Gasteiger partial charge in [-0.2, -0.15) is 0 Å². The number of phenols is 1. The van der Waals surface area contributed by atoms with Gasteiger partial charge in [0, 0.05) is 11.5 Å². The number of phenolic OH excluding ortho intramolecular Hbond substituents is 1. The Morgan fingerprint density at radius 1 is 1.12 bits per heavy atom. The average molecular weight is 446 g/mol. The first kappa shape index (κ1) is 22.0. The van der Waals surface area contributed by atoms with E-state index in [4.69, 9.17) is 5.73 Å². The van der Waals surface area contributed by atoms with Crippen LogP contribution in [-0.4, -0.2) is 84.9 Å². The first-order chi connectivity index (χ1) is 14.9. The number of carbonyl (C=O) groups excluding carboxylic acids is 3. The zero-order valence-electron chi connectivity index (χ0n) is 17.1. The molecular formula is C21H22N2O9. The topological polar surface area (TPSA) is 202 Å². The van der Waals surface area contributed by atoms with Crippen LogP contribution in [0.5, 0.6) is 5.75 Å². The van der Waals surface area contributed by atoms with Gasteiger partial charge < -0.3 is 36.4 Å². The van der Waals surface area contributed by atoms with E-state index in [1.165, 1.54) is 37.2 Å². The van der Waals surface area contributed by atoms with E-state index in [-0.39, 0.29) is 11.1 Å². The molecule has 170 valence electrons. The minimum absolute atomic E-state index is 0.0228. The van der Waals surface area contributed by atoms with E-state index in [1.807, 2.05) is 0 Å². The third-order valence-electron chi connectivity index (χ3n) is 6.62. The van der Waals surface area contributed by atoms with Crippen molar-refractivity contribution in [3.05, 3.63) is 46.2 Å². The fourth-order valence-corrected chi connectivity index (χ4v) is 5.24. The fourth-order valence-electron chi connectivity index (χ4n) is 5.24. The highest BCUT2D eigenvalue weighted by Crippen LogP contribution is 2.55. The Morgan fingerprint density at radius 2 is 1.75 bits per heavy atom. The highest BCUT2D eigenvalue weighted by molar-refractivity contribution is 6.24. The number of likely N-dealkylation sites (N-methyl/N-ethyl adjacent to an activating group) is 1. The third-order valence-corrected chi connectivity index (χ3v) is 6.62. The predicted molar refractivity (Wildman–Crippen MR) is 107 cm³/mol. The molecule has 3 aliphatic carbocycles. The summed E-state index contributed by atoms with van der Waals surface area (Å²) >= 11 is 0. The van der Waals surface area contributed by atoms with Crippen molar-refractivity contribution in [1.29, 1.82) is 0 Å². The number of primary amides is 1. The molecule has 3 aliphatic rings. The first-order valence-corrected chi connectivity index (χ1v) is 9.70. The number of aliphatic hydroxyl groups excluding tert-OH is 4. The average Bonchev–Trinajstić information content (AvgIpc) is 2.70. The monoisotopic (exact) mass is 446 g/mol. The van der Waals surface area contributed by atoms with Crippen molar-refractivity contribution >= 4 is 23.2 Å². The first-order valence-electron chi connectivity index (χ1n) is 9.70. The van der Waals surface area contributed by atoms with E-state index in [0.29, 0.717) is 0 Å². The molecule has 0 bridgehead atoms. The van der Waals surface area contributed by atoms with Crippen LogP contribution in [0.2, 0.25) is 0 Å². The largest absolute Gasteiger partial charge is 0.508 e. The van der Waals surface area contributed by atoms with Crippen LogP contribution in [0.15, 0.2) is 35.1 Å². The van der Waals surface area contributed by atoms with Gasteiger partial charge in [-0.3, -0.25) is 19.3 Å². The Morgan fingerprint density at radius 3 is 2.31 bits per heavy atom.